The summed E-state index contributed by atoms with van der Waals surface area (Å²) in [5.74, 6) is 0.727. The van der Waals surface area contributed by atoms with Crippen molar-refractivity contribution in [3.05, 3.63) is 47.4 Å². The summed E-state index contributed by atoms with van der Waals surface area (Å²) in [6, 6.07) is 8.46. The predicted octanol–water partition coefficient (Wildman–Crippen LogP) is 1.98. The highest BCUT2D eigenvalue weighted by molar-refractivity contribution is 6.04. The molecule has 1 saturated heterocycles. The number of Topliss-reactive ketones (excluding diaryl/α,β-unsaturated/α-hetero) is 1. The van der Waals surface area contributed by atoms with Crippen molar-refractivity contribution in [2.24, 2.45) is 0 Å². The van der Waals surface area contributed by atoms with E-state index in [0.29, 0.717) is 22.9 Å². The van der Waals surface area contributed by atoms with Crippen LogP contribution in [0.1, 0.15) is 33.6 Å². The summed E-state index contributed by atoms with van der Waals surface area (Å²) in [6.45, 7) is 8.23. The van der Waals surface area contributed by atoms with Gasteiger partial charge in [-0.2, -0.15) is 0 Å². The minimum atomic E-state index is -0.345. The highest BCUT2D eigenvalue weighted by atomic mass is 16.5. The van der Waals surface area contributed by atoms with E-state index in [-0.39, 0.29) is 17.4 Å². The molecule has 0 bridgehead atoms. The van der Waals surface area contributed by atoms with Crippen molar-refractivity contribution in [1.29, 1.82) is 0 Å². The molecule has 0 saturated carbocycles. The lowest BCUT2D eigenvalue weighted by Gasteiger charge is -2.26. The van der Waals surface area contributed by atoms with Crippen molar-refractivity contribution in [1.82, 2.24) is 14.9 Å². The van der Waals surface area contributed by atoms with Gasteiger partial charge in [-0.05, 0) is 26.0 Å². The molecule has 0 unspecified atom stereocenters. The fraction of sp³-hybridized carbons (Fsp3) is 0.400. The van der Waals surface area contributed by atoms with Crippen molar-refractivity contribution in [2.45, 2.75) is 13.8 Å². The molecule has 148 valence electrons. The number of aromatic nitrogens is 2. The van der Waals surface area contributed by atoms with Crippen LogP contribution in [0.5, 0.6) is 0 Å². The van der Waals surface area contributed by atoms with Crippen molar-refractivity contribution >= 4 is 23.2 Å². The first kappa shape index (κ1) is 19.9. The van der Waals surface area contributed by atoms with Gasteiger partial charge in [0.05, 0.1) is 13.2 Å². The molecule has 0 aliphatic carbocycles. The number of ketones is 1. The van der Waals surface area contributed by atoms with Crippen molar-refractivity contribution in [2.75, 3.05) is 50.0 Å². The zero-order valence-electron chi connectivity index (χ0n) is 16.2. The molecule has 1 aromatic heterocycles. The van der Waals surface area contributed by atoms with Crippen LogP contribution in [-0.4, -0.2) is 66.0 Å². The molecule has 1 aromatic carbocycles. The Morgan fingerprint density at radius 2 is 1.96 bits per heavy atom. The summed E-state index contributed by atoms with van der Waals surface area (Å²) in [6.07, 6.45) is 0. The van der Waals surface area contributed by atoms with Crippen LogP contribution in [0.15, 0.2) is 30.3 Å². The molecule has 1 aliphatic heterocycles. The Kier molecular flexibility index (Phi) is 6.67. The summed E-state index contributed by atoms with van der Waals surface area (Å²) < 4.78 is 5.35. The molecule has 2 aromatic rings. The fourth-order valence-corrected chi connectivity index (χ4v) is 2.95. The van der Waals surface area contributed by atoms with E-state index in [0.717, 1.165) is 39.4 Å². The standard InChI is InChI=1S/C20H25N5O3/c1-14(26)16-4-3-5-17(12-16)24-20(27)18-13-19(23-15(2)22-18)21-6-7-25-8-10-28-11-9-25/h3-5,12-13H,6-11H2,1-2H3,(H,24,27)(H,21,22,23). The maximum Gasteiger partial charge on any atom is 0.274 e. The number of nitrogens with one attached hydrogen (secondary N) is 2. The zero-order chi connectivity index (χ0) is 19.9. The Morgan fingerprint density at radius 3 is 2.71 bits per heavy atom. The van der Waals surface area contributed by atoms with Gasteiger partial charge in [-0.15, -0.1) is 0 Å². The van der Waals surface area contributed by atoms with E-state index >= 15 is 0 Å². The third kappa shape index (κ3) is 5.58. The predicted molar refractivity (Wildman–Crippen MR) is 107 cm³/mol. The molecular formula is C20H25N5O3. The lowest BCUT2D eigenvalue weighted by molar-refractivity contribution is 0.0398. The molecule has 8 nitrogen and oxygen atoms in total. The minimum Gasteiger partial charge on any atom is -0.379 e. The van der Waals surface area contributed by atoms with Crippen LogP contribution in [-0.2, 0) is 4.74 Å². The number of carbonyl (C=O) groups excluding carboxylic acids is 2. The SMILES string of the molecule is CC(=O)c1cccc(NC(=O)c2cc(NCCN3CCOCC3)nc(C)n2)c1. The van der Waals surface area contributed by atoms with Gasteiger partial charge in [-0.1, -0.05) is 12.1 Å². The number of nitrogens with zero attached hydrogens (tertiary/aromatic N) is 3. The summed E-state index contributed by atoms with van der Waals surface area (Å²) in [4.78, 5) is 35.0. The molecule has 2 heterocycles. The zero-order valence-corrected chi connectivity index (χ0v) is 16.2. The number of aryl methyl sites for hydroxylation is 1. The second-order valence-electron chi connectivity index (χ2n) is 6.66. The van der Waals surface area contributed by atoms with E-state index in [1.165, 1.54) is 6.92 Å². The number of morpholine rings is 1. The van der Waals surface area contributed by atoms with Crippen molar-refractivity contribution in [3.63, 3.8) is 0 Å². The van der Waals surface area contributed by atoms with Crippen LogP contribution in [0.4, 0.5) is 11.5 Å². The Bertz CT molecular complexity index is 849. The molecule has 1 amide bonds. The number of hydrogen-bond acceptors (Lipinski definition) is 7. The van der Waals surface area contributed by atoms with E-state index in [1.54, 1.807) is 37.3 Å². The maximum atomic E-state index is 12.6. The number of benzene rings is 1. The van der Waals surface area contributed by atoms with Gasteiger partial charge < -0.3 is 15.4 Å². The Morgan fingerprint density at radius 1 is 1.18 bits per heavy atom. The fourth-order valence-electron chi connectivity index (χ4n) is 2.95. The lowest BCUT2D eigenvalue weighted by Crippen LogP contribution is -2.39. The molecule has 2 N–H and O–H groups in total. The van der Waals surface area contributed by atoms with E-state index in [9.17, 15) is 9.59 Å². The second kappa shape index (κ2) is 9.38. The summed E-state index contributed by atoms with van der Waals surface area (Å²) in [7, 11) is 0. The monoisotopic (exact) mass is 383 g/mol. The Labute approximate surface area is 164 Å². The molecule has 0 atom stereocenters. The smallest absolute Gasteiger partial charge is 0.274 e. The molecule has 28 heavy (non-hydrogen) atoms. The first-order valence-electron chi connectivity index (χ1n) is 9.33. The second-order valence-corrected chi connectivity index (χ2v) is 6.66. The molecule has 8 heteroatoms. The lowest BCUT2D eigenvalue weighted by atomic mass is 10.1. The number of ether oxygens (including phenoxy) is 1. The molecule has 3 rings (SSSR count). The van der Waals surface area contributed by atoms with E-state index in [2.05, 4.69) is 25.5 Å². The highest BCUT2D eigenvalue weighted by Crippen LogP contribution is 2.14. The van der Waals surface area contributed by atoms with Crippen LogP contribution >= 0.6 is 0 Å². The van der Waals surface area contributed by atoms with Crippen LogP contribution < -0.4 is 10.6 Å². The molecule has 1 fully saturated rings. The topological polar surface area (TPSA) is 96.5 Å². The number of amides is 1. The van der Waals surface area contributed by atoms with Gasteiger partial charge in [-0.3, -0.25) is 14.5 Å². The average Bonchev–Trinajstić information content (AvgIpc) is 2.68. The van der Waals surface area contributed by atoms with Gasteiger partial charge in [0.25, 0.3) is 5.91 Å². The van der Waals surface area contributed by atoms with Crippen molar-refractivity contribution in [3.8, 4) is 0 Å². The van der Waals surface area contributed by atoms with Crippen LogP contribution in [0.25, 0.3) is 0 Å². The van der Waals surface area contributed by atoms with E-state index in [4.69, 9.17) is 4.74 Å². The Balaban J connectivity index is 1.62. The molecule has 0 spiro atoms. The van der Waals surface area contributed by atoms with Gasteiger partial charge in [0.1, 0.15) is 17.3 Å². The van der Waals surface area contributed by atoms with E-state index in [1.807, 2.05) is 0 Å². The summed E-state index contributed by atoms with van der Waals surface area (Å²) in [5, 5.41) is 6.04. The molecule has 0 radical (unpaired) electrons. The summed E-state index contributed by atoms with van der Waals surface area (Å²) >= 11 is 0. The molecule has 1 aliphatic rings. The van der Waals surface area contributed by atoms with E-state index < -0.39 is 0 Å². The largest absolute Gasteiger partial charge is 0.379 e. The highest BCUT2D eigenvalue weighted by Gasteiger charge is 2.13. The van der Waals surface area contributed by atoms with Crippen molar-refractivity contribution < 1.29 is 14.3 Å². The van der Waals surface area contributed by atoms with Gasteiger partial charge in [0, 0.05) is 43.5 Å². The summed E-state index contributed by atoms with van der Waals surface area (Å²) in [5.41, 5.74) is 1.37. The first-order valence-corrected chi connectivity index (χ1v) is 9.33. The quantitative estimate of drug-likeness (QED) is 0.706. The van der Waals surface area contributed by atoms with Gasteiger partial charge in [0.2, 0.25) is 0 Å². The normalized spacial score (nSPS) is 14.5. The molecular weight excluding hydrogens is 358 g/mol. The number of carbonyl (C=O) groups is 2. The Hall–Kier alpha value is -2.84. The number of rotatable bonds is 7. The minimum absolute atomic E-state index is 0.0549. The average molecular weight is 383 g/mol. The first-order chi connectivity index (χ1) is 13.5. The van der Waals surface area contributed by atoms with Gasteiger partial charge in [0.15, 0.2) is 5.78 Å². The van der Waals surface area contributed by atoms with Crippen LogP contribution in [0, 0.1) is 6.92 Å². The van der Waals surface area contributed by atoms with Gasteiger partial charge in [-0.25, -0.2) is 9.97 Å². The van der Waals surface area contributed by atoms with Crippen LogP contribution in [0.3, 0.4) is 0 Å². The van der Waals surface area contributed by atoms with Crippen LogP contribution in [0.2, 0.25) is 0 Å². The third-order valence-electron chi connectivity index (χ3n) is 4.44. The number of hydrogen-bond donors (Lipinski definition) is 2. The number of anilines is 2. The van der Waals surface area contributed by atoms with Gasteiger partial charge >= 0.3 is 0 Å². The maximum absolute atomic E-state index is 12.6. The third-order valence-corrected chi connectivity index (χ3v) is 4.44.